The number of nitrogens with zero attached hydrogens (tertiary/aromatic N) is 2. The summed E-state index contributed by atoms with van der Waals surface area (Å²) < 4.78 is 0. The second-order valence-corrected chi connectivity index (χ2v) is 13.3. The summed E-state index contributed by atoms with van der Waals surface area (Å²) in [6, 6.07) is 70.7. The maximum Gasteiger partial charge on any atom is 0.122 e. The topological polar surface area (TPSA) is 6.48 Å². The molecule has 1 atom stereocenters. The predicted octanol–water partition coefficient (Wildman–Crippen LogP) is 12.7. The van der Waals surface area contributed by atoms with Crippen LogP contribution in [0.4, 0.5) is 22.7 Å². The highest BCUT2D eigenvalue weighted by Gasteiger charge is 2.51. The summed E-state index contributed by atoms with van der Waals surface area (Å²) in [5.74, 6) is 0. The van der Waals surface area contributed by atoms with Gasteiger partial charge in [-0.05, 0) is 98.4 Å². The maximum atomic E-state index is 2.49. The molecule has 240 valence electrons. The van der Waals surface area contributed by atoms with Gasteiger partial charge in [0.1, 0.15) is 5.54 Å². The molecule has 2 heteroatoms. The van der Waals surface area contributed by atoms with Crippen LogP contribution >= 0.6 is 0 Å². The van der Waals surface area contributed by atoms with Crippen molar-refractivity contribution in [2.75, 3.05) is 9.80 Å². The molecule has 1 spiro atoms. The number of fused-ring (bicyclic) bond motifs is 8. The third-order valence-electron chi connectivity index (χ3n) is 10.6. The first-order chi connectivity index (χ1) is 25.3. The van der Waals surface area contributed by atoms with Crippen LogP contribution in [-0.4, -0.2) is 0 Å². The van der Waals surface area contributed by atoms with Crippen LogP contribution in [0, 0.1) is 0 Å². The number of rotatable bonds is 5. The lowest BCUT2D eigenvalue weighted by molar-refractivity contribution is 0.632. The molecule has 0 saturated carbocycles. The molecular weight excluding hydrogens is 617 g/mol. The maximum absolute atomic E-state index is 2.49. The number of hydrogen-bond donors (Lipinski definition) is 0. The zero-order valence-corrected chi connectivity index (χ0v) is 28.0. The Morgan fingerprint density at radius 2 is 1.06 bits per heavy atom. The van der Waals surface area contributed by atoms with Crippen LogP contribution in [0.5, 0.6) is 0 Å². The number of para-hydroxylation sites is 1. The van der Waals surface area contributed by atoms with Crippen molar-refractivity contribution >= 4 is 39.6 Å². The van der Waals surface area contributed by atoms with Crippen molar-refractivity contribution < 1.29 is 0 Å². The van der Waals surface area contributed by atoms with Crippen molar-refractivity contribution in [2.24, 2.45) is 0 Å². The first-order valence-corrected chi connectivity index (χ1v) is 17.6. The highest BCUT2D eigenvalue weighted by atomic mass is 15.2. The minimum atomic E-state index is -0.573. The molecule has 2 nitrogen and oxygen atoms in total. The monoisotopic (exact) mass is 650 g/mol. The lowest BCUT2D eigenvalue weighted by Crippen LogP contribution is -2.46. The van der Waals surface area contributed by atoms with E-state index in [9.17, 15) is 0 Å². The molecule has 2 aliphatic rings. The van der Waals surface area contributed by atoms with E-state index in [-0.39, 0.29) is 0 Å². The predicted molar refractivity (Wildman–Crippen MR) is 214 cm³/mol. The molecule has 1 heterocycles. The molecule has 1 aliphatic heterocycles. The van der Waals surface area contributed by atoms with Crippen molar-refractivity contribution in [3.8, 4) is 22.3 Å². The van der Waals surface area contributed by atoms with E-state index in [4.69, 9.17) is 0 Å². The molecule has 8 aromatic carbocycles. The summed E-state index contributed by atoms with van der Waals surface area (Å²) in [5.41, 5.74) is 14.0. The highest BCUT2D eigenvalue weighted by molar-refractivity contribution is 6.00. The van der Waals surface area contributed by atoms with E-state index in [1.54, 1.807) is 0 Å². The Labute approximate surface area is 298 Å². The van der Waals surface area contributed by atoms with Crippen LogP contribution in [0.25, 0.3) is 39.1 Å². The summed E-state index contributed by atoms with van der Waals surface area (Å²) in [7, 11) is 0. The van der Waals surface area contributed by atoms with E-state index in [0.717, 1.165) is 22.7 Å². The molecule has 0 aromatic heterocycles. The Morgan fingerprint density at radius 1 is 0.431 bits per heavy atom. The third kappa shape index (κ3) is 4.50. The molecule has 0 fully saturated rings. The fraction of sp³-hybridized carbons (Fsp3) is 0.0204. The molecule has 10 rings (SSSR count). The second-order valence-electron chi connectivity index (χ2n) is 13.3. The van der Waals surface area contributed by atoms with Crippen LogP contribution in [-0.2, 0) is 5.54 Å². The van der Waals surface area contributed by atoms with Gasteiger partial charge in [-0.3, -0.25) is 0 Å². The van der Waals surface area contributed by atoms with E-state index >= 15 is 0 Å². The van der Waals surface area contributed by atoms with Crippen molar-refractivity contribution in [3.05, 3.63) is 223 Å². The summed E-state index contributed by atoms with van der Waals surface area (Å²) in [5, 5.41) is 2.43. The van der Waals surface area contributed by atoms with Crippen LogP contribution < -0.4 is 9.80 Å². The highest BCUT2D eigenvalue weighted by Crippen LogP contribution is 2.58. The lowest BCUT2D eigenvalue weighted by atomic mass is 9.75. The van der Waals surface area contributed by atoms with Gasteiger partial charge in [-0.15, -0.1) is 0 Å². The smallest absolute Gasteiger partial charge is 0.122 e. The van der Waals surface area contributed by atoms with Crippen LogP contribution in [0.2, 0.25) is 0 Å². The van der Waals surface area contributed by atoms with Gasteiger partial charge < -0.3 is 9.80 Å². The lowest BCUT2D eigenvalue weighted by Gasteiger charge is -2.46. The number of hydrogen-bond acceptors (Lipinski definition) is 2. The van der Waals surface area contributed by atoms with Gasteiger partial charge in [0.2, 0.25) is 0 Å². The average molecular weight is 651 g/mol. The average Bonchev–Trinajstić information content (AvgIpc) is 3.49. The molecule has 0 amide bonds. The second kappa shape index (κ2) is 11.8. The van der Waals surface area contributed by atoms with Crippen LogP contribution in [0.15, 0.2) is 200 Å². The normalized spacial score (nSPS) is 15.4. The molecular formula is C49H34N2. The molecule has 1 unspecified atom stereocenters. The Hall–Kier alpha value is -6.64. The SMILES string of the molecule is C1=CN(c2ccccc2)C2(c3ccccc31)c1ccccc1-c1ccc(N(c3ccc(-c4ccccc4)cc3)c3cccc4ccccc34)cc12. The first kappa shape index (κ1) is 29.3. The van der Waals surface area contributed by atoms with Gasteiger partial charge in [0.25, 0.3) is 0 Å². The van der Waals surface area contributed by atoms with Crippen molar-refractivity contribution in [1.29, 1.82) is 0 Å². The van der Waals surface area contributed by atoms with Gasteiger partial charge in [0, 0.05) is 28.6 Å². The Bertz CT molecular complexity index is 2580. The molecule has 0 radical (unpaired) electrons. The largest absolute Gasteiger partial charge is 0.329 e. The molecule has 1 aliphatic carbocycles. The molecule has 0 N–H and O–H groups in total. The third-order valence-corrected chi connectivity index (χ3v) is 10.6. The summed E-state index contributed by atoms with van der Waals surface area (Å²) in [6.07, 6.45) is 4.54. The summed E-state index contributed by atoms with van der Waals surface area (Å²) >= 11 is 0. The van der Waals surface area contributed by atoms with E-state index in [1.807, 2.05) is 0 Å². The summed E-state index contributed by atoms with van der Waals surface area (Å²) in [4.78, 5) is 4.92. The van der Waals surface area contributed by atoms with E-state index in [2.05, 4.69) is 216 Å². The summed E-state index contributed by atoms with van der Waals surface area (Å²) in [6.45, 7) is 0. The van der Waals surface area contributed by atoms with Gasteiger partial charge in [-0.25, -0.2) is 0 Å². The fourth-order valence-corrected chi connectivity index (χ4v) is 8.43. The molecule has 51 heavy (non-hydrogen) atoms. The fourth-order valence-electron chi connectivity index (χ4n) is 8.43. The van der Waals surface area contributed by atoms with Crippen molar-refractivity contribution in [2.45, 2.75) is 5.54 Å². The molecule has 8 aromatic rings. The minimum absolute atomic E-state index is 0.573. The van der Waals surface area contributed by atoms with E-state index in [1.165, 1.54) is 55.3 Å². The molecule has 0 bridgehead atoms. The van der Waals surface area contributed by atoms with Gasteiger partial charge in [-0.2, -0.15) is 0 Å². The Morgan fingerprint density at radius 3 is 1.90 bits per heavy atom. The zero-order chi connectivity index (χ0) is 33.8. The molecule has 0 saturated heterocycles. The zero-order valence-electron chi connectivity index (χ0n) is 28.0. The first-order valence-electron chi connectivity index (χ1n) is 17.6. The Kier molecular flexibility index (Phi) is 6.75. The Balaban J connectivity index is 1.24. The minimum Gasteiger partial charge on any atom is -0.329 e. The number of benzene rings is 8. The quantitative estimate of drug-likeness (QED) is 0.183. The van der Waals surface area contributed by atoms with Crippen molar-refractivity contribution in [3.63, 3.8) is 0 Å². The van der Waals surface area contributed by atoms with Crippen LogP contribution in [0.1, 0.15) is 22.3 Å². The van der Waals surface area contributed by atoms with Crippen LogP contribution in [0.3, 0.4) is 0 Å². The standard InChI is InChI=1S/C49H34N2/c1-3-14-35(15-4-1)36-26-28-40(29-27-36)51(48-25-13-18-37-16-7-9-21-42(37)48)41-30-31-44-43-22-10-12-24-46(43)49(47(44)34-41)45-23-11-8-17-38(45)32-33-50(49)39-19-5-2-6-20-39/h1-34H. The van der Waals surface area contributed by atoms with Gasteiger partial charge >= 0.3 is 0 Å². The van der Waals surface area contributed by atoms with Crippen molar-refractivity contribution in [1.82, 2.24) is 0 Å². The van der Waals surface area contributed by atoms with Gasteiger partial charge in [0.15, 0.2) is 0 Å². The van der Waals surface area contributed by atoms with E-state index < -0.39 is 5.54 Å². The number of anilines is 4. The van der Waals surface area contributed by atoms with E-state index in [0.29, 0.717) is 0 Å². The van der Waals surface area contributed by atoms with Gasteiger partial charge in [-0.1, -0.05) is 152 Å². The van der Waals surface area contributed by atoms with Gasteiger partial charge in [0.05, 0.1) is 5.69 Å².